The minimum Gasteiger partial charge on any atom is -0.378 e. The van der Waals surface area contributed by atoms with Crippen molar-refractivity contribution in [3.8, 4) is 0 Å². The molecule has 15 heavy (non-hydrogen) atoms. The molecule has 0 radical (unpaired) electrons. The molecule has 3 unspecified atom stereocenters. The van der Waals surface area contributed by atoms with E-state index >= 15 is 0 Å². The fourth-order valence-corrected chi connectivity index (χ4v) is 2.49. The molecule has 1 heterocycles. The zero-order valence-electron chi connectivity index (χ0n) is 10.2. The van der Waals surface area contributed by atoms with E-state index in [1.807, 2.05) is 6.08 Å². The van der Waals surface area contributed by atoms with Gasteiger partial charge in [-0.05, 0) is 39.2 Å². The highest BCUT2D eigenvalue weighted by molar-refractivity contribution is 4.84. The summed E-state index contributed by atoms with van der Waals surface area (Å²) >= 11 is 0. The van der Waals surface area contributed by atoms with Crippen LogP contribution in [0.25, 0.3) is 0 Å². The summed E-state index contributed by atoms with van der Waals surface area (Å²) in [4.78, 5) is 0. The van der Waals surface area contributed by atoms with E-state index in [9.17, 15) is 0 Å². The molecule has 2 nitrogen and oxygen atoms in total. The predicted octanol–water partition coefficient (Wildman–Crippen LogP) is 2.75. The first-order valence-corrected chi connectivity index (χ1v) is 6.25. The number of unbranched alkanes of at least 4 members (excludes halogenated alkanes) is 1. The van der Waals surface area contributed by atoms with E-state index in [4.69, 9.17) is 4.74 Å². The first-order chi connectivity index (χ1) is 7.29. The van der Waals surface area contributed by atoms with E-state index in [0.29, 0.717) is 18.1 Å². The minimum atomic E-state index is 0.429. The van der Waals surface area contributed by atoms with E-state index in [-0.39, 0.29) is 0 Å². The molecule has 88 valence electrons. The number of rotatable bonds is 7. The maximum Gasteiger partial charge on any atom is 0.0590 e. The third-order valence-corrected chi connectivity index (χ3v) is 3.34. The topological polar surface area (TPSA) is 21.3 Å². The fraction of sp³-hybridized carbons (Fsp3) is 0.846. The molecule has 2 heteroatoms. The van der Waals surface area contributed by atoms with E-state index < -0.39 is 0 Å². The summed E-state index contributed by atoms with van der Waals surface area (Å²) in [5.74, 6) is 0.703. The van der Waals surface area contributed by atoms with E-state index in [1.165, 1.54) is 19.3 Å². The number of hydrogen-bond donors (Lipinski definition) is 1. The third kappa shape index (κ3) is 3.96. The lowest BCUT2D eigenvalue weighted by molar-refractivity contribution is 0.0943. The average Bonchev–Trinajstić information content (AvgIpc) is 2.64. The van der Waals surface area contributed by atoms with Gasteiger partial charge in [0, 0.05) is 18.6 Å². The molecule has 0 aromatic heterocycles. The van der Waals surface area contributed by atoms with E-state index in [1.54, 1.807) is 0 Å². The van der Waals surface area contributed by atoms with Crippen LogP contribution in [0.5, 0.6) is 0 Å². The first kappa shape index (κ1) is 12.7. The number of allylic oxidation sites excluding steroid dienone is 1. The van der Waals surface area contributed by atoms with Crippen LogP contribution in [-0.4, -0.2) is 25.3 Å². The van der Waals surface area contributed by atoms with E-state index in [2.05, 4.69) is 25.7 Å². The Kier molecular flexibility index (Phi) is 5.96. The summed E-state index contributed by atoms with van der Waals surface area (Å²) < 4.78 is 5.64. The lowest BCUT2D eigenvalue weighted by atomic mass is 9.90. The van der Waals surface area contributed by atoms with Crippen LogP contribution >= 0.6 is 0 Å². The Morgan fingerprint density at radius 2 is 2.40 bits per heavy atom. The molecule has 3 atom stereocenters. The highest BCUT2D eigenvalue weighted by Crippen LogP contribution is 2.26. The maximum absolute atomic E-state index is 5.64. The summed E-state index contributed by atoms with van der Waals surface area (Å²) in [5.41, 5.74) is 0. The van der Waals surface area contributed by atoms with Gasteiger partial charge in [0.1, 0.15) is 0 Å². The SMILES string of the molecule is C=CCCCC(NCC)C1CCOC1C. The lowest BCUT2D eigenvalue weighted by Crippen LogP contribution is -2.39. The zero-order valence-corrected chi connectivity index (χ0v) is 10.2. The smallest absolute Gasteiger partial charge is 0.0590 e. The van der Waals surface area contributed by atoms with Crippen molar-refractivity contribution in [2.45, 2.75) is 51.7 Å². The second-order valence-electron chi connectivity index (χ2n) is 4.41. The number of ether oxygens (including phenoxy) is 1. The van der Waals surface area contributed by atoms with Gasteiger partial charge in [0.05, 0.1) is 6.10 Å². The van der Waals surface area contributed by atoms with Crippen LogP contribution in [0.4, 0.5) is 0 Å². The molecular formula is C13H25NO. The van der Waals surface area contributed by atoms with Gasteiger partial charge < -0.3 is 10.1 Å². The van der Waals surface area contributed by atoms with Gasteiger partial charge >= 0.3 is 0 Å². The third-order valence-electron chi connectivity index (χ3n) is 3.34. The molecule has 1 rings (SSSR count). The van der Waals surface area contributed by atoms with Crippen LogP contribution in [0.15, 0.2) is 12.7 Å². The molecule has 0 aliphatic carbocycles. The highest BCUT2D eigenvalue weighted by Gasteiger charge is 2.30. The average molecular weight is 211 g/mol. The van der Waals surface area contributed by atoms with Gasteiger partial charge in [-0.15, -0.1) is 6.58 Å². The Morgan fingerprint density at radius 3 is 2.93 bits per heavy atom. The monoisotopic (exact) mass is 211 g/mol. The van der Waals surface area contributed by atoms with Crippen molar-refractivity contribution in [3.63, 3.8) is 0 Å². The Labute approximate surface area is 94.1 Å². The molecule has 1 N–H and O–H groups in total. The first-order valence-electron chi connectivity index (χ1n) is 6.25. The van der Waals surface area contributed by atoms with Gasteiger partial charge in [0.25, 0.3) is 0 Å². The Bertz CT molecular complexity index is 181. The van der Waals surface area contributed by atoms with Gasteiger partial charge in [0.2, 0.25) is 0 Å². The molecule has 0 aromatic rings. The Hall–Kier alpha value is -0.340. The molecule has 0 aromatic carbocycles. The maximum atomic E-state index is 5.64. The number of nitrogens with one attached hydrogen (secondary N) is 1. The molecule has 1 aliphatic rings. The normalized spacial score (nSPS) is 27.9. The van der Waals surface area contributed by atoms with Crippen molar-refractivity contribution in [1.29, 1.82) is 0 Å². The van der Waals surface area contributed by atoms with Crippen molar-refractivity contribution < 1.29 is 4.74 Å². The zero-order chi connectivity index (χ0) is 11.1. The Morgan fingerprint density at radius 1 is 1.60 bits per heavy atom. The largest absolute Gasteiger partial charge is 0.378 e. The van der Waals surface area contributed by atoms with Gasteiger partial charge in [-0.1, -0.05) is 13.0 Å². The van der Waals surface area contributed by atoms with E-state index in [0.717, 1.165) is 19.6 Å². The van der Waals surface area contributed by atoms with Crippen LogP contribution in [-0.2, 0) is 4.74 Å². The quantitative estimate of drug-likeness (QED) is 0.516. The molecule has 0 spiro atoms. The summed E-state index contributed by atoms with van der Waals surface area (Å²) in [6.45, 7) is 10.2. The fourth-order valence-electron chi connectivity index (χ4n) is 2.49. The second kappa shape index (κ2) is 7.02. The van der Waals surface area contributed by atoms with Gasteiger partial charge in [-0.2, -0.15) is 0 Å². The van der Waals surface area contributed by atoms with Crippen molar-refractivity contribution in [2.75, 3.05) is 13.2 Å². The Balaban J connectivity index is 2.37. The summed E-state index contributed by atoms with van der Waals surface area (Å²) in [7, 11) is 0. The van der Waals surface area contributed by atoms with Crippen LogP contribution in [0.3, 0.4) is 0 Å². The highest BCUT2D eigenvalue weighted by atomic mass is 16.5. The molecule has 1 saturated heterocycles. The minimum absolute atomic E-state index is 0.429. The lowest BCUT2D eigenvalue weighted by Gasteiger charge is -2.26. The van der Waals surface area contributed by atoms with Gasteiger partial charge in [-0.3, -0.25) is 0 Å². The molecule has 0 amide bonds. The number of hydrogen-bond acceptors (Lipinski definition) is 2. The van der Waals surface area contributed by atoms with Crippen molar-refractivity contribution in [2.24, 2.45) is 5.92 Å². The van der Waals surface area contributed by atoms with Crippen LogP contribution in [0.2, 0.25) is 0 Å². The summed E-state index contributed by atoms with van der Waals surface area (Å²) in [5, 5.41) is 3.60. The molecule has 0 bridgehead atoms. The molecule has 0 saturated carbocycles. The molecule has 1 fully saturated rings. The predicted molar refractivity (Wildman–Crippen MR) is 65.0 cm³/mol. The van der Waals surface area contributed by atoms with Crippen molar-refractivity contribution in [1.82, 2.24) is 5.32 Å². The summed E-state index contributed by atoms with van der Waals surface area (Å²) in [6.07, 6.45) is 7.27. The standard InChI is InChI=1S/C13H25NO/c1-4-6-7-8-13(14-5-2)12-9-10-15-11(12)3/h4,11-14H,1,5-10H2,2-3H3. The second-order valence-corrected chi connectivity index (χ2v) is 4.41. The van der Waals surface area contributed by atoms with Crippen molar-refractivity contribution in [3.05, 3.63) is 12.7 Å². The van der Waals surface area contributed by atoms with Gasteiger partial charge in [-0.25, -0.2) is 0 Å². The van der Waals surface area contributed by atoms with Crippen LogP contribution in [0, 0.1) is 5.92 Å². The molecule has 1 aliphatic heterocycles. The van der Waals surface area contributed by atoms with Gasteiger partial charge in [0.15, 0.2) is 0 Å². The van der Waals surface area contributed by atoms with Crippen LogP contribution < -0.4 is 5.32 Å². The van der Waals surface area contributed by atoms with Crippen molar-refractivity contribution >= 4 is 0 Å². The van der Waals surface area contributed by atoms with Crippen LogP contribution in [0.1, 0.15) is 39.5 Å². The molecular weight excluding hydrogens is 186 g/mol. The summed E-state index contributed by atoms with van der Waals surface area (Å²) in [6, 6.07) is 0.632.